The van der Waals surface area contributed by atoms with Crippen molar-refractivity contribution in [1.82, 2.24) is 0 Å². The van der Waals surface area contributed by atoms with Gasteiger partial charge in [-0.3, -0.25) is 4.57 Å². The normalized spacial score (nSPS) is 14.2. The average molecular weight is 462 g/mol. The fourth-order valence-electron chi connectivity index (χ4n) is 2.71. The standard InChI is InChI=1S/C19H18F3O8P/c1-25-31(24,26-2)18(12-6-7-15-16(8-12)29-11-28-15)30-17(23)10-27-14-5-3-4-13(9-14)19(20,21)22/h3-9,18H,10-11H2,1-2H3. The molecule has 1 aliphatic rings. The molecule has 2 aromatic carbocycles. The van der Waals surface area contributed by atoms with Gasteiger partial charge in [-0.05, 0) is 30.3 Å². The lowest BCUT2D eigenvalue weighted by atomic mass is 10.2. The highest BCUT2D eigenvalue weighted by atomic mass is 31.2. The summed E-state index contributed by atoms with van der Waals surface area (Å²) in [5.41, 5.74) is -0.691. The minimum atomic E-state index is -4.56. The van der Waals surface area contributed by atoms with E-state index in [0.717, 1.165) is 32.4 Å². The predicted octanol–water partition coefficient (Wildman–Crippen LogP) is 4.54. The summed E-state index contributed by atoms with van der Waals surface area (Å²) in [6.45, 7) is -0.740. The topological polar surface area (TPSA) is 89.5 Å². The number of halogens is 3. The zero-order chi connectivity index (χ0) is 22.6. The second-order valence-corrected chi connectivity index (χ2v) is 8.45. The lowest BCUT2D eigenvalue weighted by Gasteiger charge is -2.24. The third-order valence-corrected chi connectivity index (χ3v) is 6.23. The van der Waals surface area contributed by atoms with Crippen molar-refractivity contribution < 1.29 is 50.5 Å². The Morgan fingerprint density at radius 2 is 1.81 bits per heavy atom. The molecule has 0 bridgehead atoms. The number of hydrogen-bond acceptors (Lipinski definition) is 8. The molecule has 2 aromatic rings. The molecule has 0 saturated heterocycles. The van der Waals surface area contributed by atoms with Gasteiger partial charge in [-0.25, -0.2) is 4.79 Å². The molecule has 0 amide bonds. The lowest BCUT2D eigenvalue weighted by molar-refractivity contribution is -0.149. The Morgan fingerprint density at radius 1 is 1.10 bits per heavy atom. The Kier molecular flexibility index (Phi) is 6.78. The maximum absolute atomic E-state index is 13.0. The molecule has 0 spiro atoms. The Labute approximate surface area is 175 Å². The summed E-state index contributed by atoms with van der Waals surface area (Å²) in [6.07, 6.45) is -4.56. The van der Waals surface area contributed by atoms with Crippen LogP contribution in [0.3, 0.4) is 0 Å². The van der Waals surface area contributed by atoms with Gasteiger partial charge in [0.25, 0.3) is 0 Å². The first-order valence-electron chi connectivity index (χ1n) is 8.76. The highest BCUT2D eigenvalue weighted by molar-refractivity contribution is 7.54. The molecule has 0 radical (unpaired) electrons. The summed E-state index contributed by atoms with van der Waals surface area (Å²) in [7, 11) is -1.72. The molecule has 0 fully saturated rings. The molecule has 0 saturated carbocycles. The van der Waals surface area contributed by atoms with Crippen LogP contribution in [0.4, 0.5) is 13.2 Å². The van der Waals surface area contributed by atoms with Crippen LogP contribution in [-0.4, -0.2) is 33.6 Å². The molecular formula is C19H18F3O8P. The van der Waals surface area contributed by atoms with Crippen molar-refractivity contribution in [3.63, 3.8) is 0 Å². The summed E-state index contributed by atoms with van der Waals surface area (Å²) in [4.78, 5) is 12.3. The summed E-state index contributed by atoms with van der Waals surface area (Å²) in [6, 6.07) is 8.50. The SMILES string of the molecule is COP(=O)(OC)C(OC(=O)COc1cccc(C(F)(F)F)c1)c1ccc2c(c1)OCO2. The van der Waals surface area contributed by atoms with Crippen LogP contribution < -0.4 is 14.2 Å². The van der Waals surface area contributed by atoms with Crippen LogP contribution in [0.5, 0.6) is 17.2 Å². The fraction of sp³-hybridized carbons (Fsp3) is 0.316. The molecule has 1 unspecified atom stereocenters. The van der Waals surface area contributed by atoms with Crippen LogP contribution >= 0.6 is 7.60 Å². The van der Waals surface area contributed by atoms with Gasteiger partial charge in [-0.15, -0.1) is 0 Å². The third kappa shape index (κ3) is 5.30. The molecule has 0 aromatic heterocycles. The fourth-order valence-corrected chi connectivity index (χ4v) is 4.02. The number of benzene rings is 2. The number of carbonyl (C=O) groups is 1. The Morgan fingerprint density at radius 3 is 2.48 bits per heavy atom. The van der Waals surface area contributed by atoms with E-state index in [1.54, 1.807) is 0 Å². The van der Waals surface area contributed by atoms with Crippen molar-refractivity contribution in [3.05, 3.63) is 53.6 Å². The molecule has 3 rings (SSSR count). The Hall–Kier alpha value is -2.75. The predicted molar refractivity (Wildman–Crippen MR) is 100.0 cm³/mol. The van der Waals surface area contributed by atoms with Gasteiger partial charge < -0.3 is 28.0 Å². The minimum Gasteiger partial charge on any atom is -0.482 e. The zero-order valence-electron chi connectivity index (χ0n) is 16.4. The number of hydrogen-bond donors (Lipinski definition) is 0. The van der Waals surface area contributed by atoms with Crippen LogP contribution in [0.25, 0.3) is 0 Å². The van der Waals surface area contributed by atoms with Gasteiger partial charge in [0.05, 0.1) is 5.56 Å². The van der Waals surface area contributed by atoms with E-state index in [9.17, 15) is 22.5 Å². The van der Waals surface area contributed by atoms with Gasteiger partial charge >= 0.3 is 19.7 Å². The summed E-state index contributed by atoms with van der Waals surface area (Å²) in [5.74, 6) is -1.87. The molecule has 168 valence electrons. The first kappa shape index (κ1) is 22.9. The number of esters is 1. The number of carbonyl (C=O) groups excluding carboxylic acids is 1. The van der Waals surface area contributed by atoms with Gasteiger partial charge in [-0.1, -0.05) is 12.1 Å². The number of rotatable bonds is 8. The number of alkyl halides is 3. The second kappa shape index (κ2) is 9.17. The maximum atomic E-state index is 13.0. The van der Waals surface area contributed by atoms with Crippen LogP contribution in [-0.2, 0) is 29.3 Å². The van der Waals surface area contributed by atoms with Crippen molar-refractivity contribution >= 4 is 13.6 Å². The van der Waals surface area contributed by atoms with Gasteiger partial charge in [0.1, 0.15) is 5.75 Å². The van der Waals surface area contributed by atoms with Gasteiger partial charge in [-0.2, -0.15) is 13.2 Å². The minimum absolute atomic E-state index is 0.000285. The first-order valence-corrected chi connectivity index (χ1v) is 10.4. The Bertz CT molecular complexity index is 986. The Balaban J connectivity index is 1.76. The second-order valence-electron chi connectivity index (χ2n) is 6.17. The van der Waals surface area contributed by atoms with Crippen LogP contribution in [0, 0.1) is 0 Å². The molecule has 12 heteroatoms. The third-order valence-electron chi connectivity index (χ3n) is 4.24. The van der Waals surface area contributed by atoms with E-state index in [0.29, 0.717) is 11.5 Å². The highest BCUT2D eigenvalue weighted by Crippen LogP contribution is 2.61. The molecule has 1 aliphatic heterocycles. The summed E-state index contributed by atoms with van der Waals surface area (Å²) < 4.78 is 82.1. The number of ether oxygens (including phenoxy) is 4. The smallest absolute Gasteiger partial charge is 0.416 e. The monoisotopic (exact) mass is 462 g/mol. The molecule has 1 atom stereocenters. The van der Waals surface area contributed by atoms with E-state index in [2.05, 4.69) is 0 Å². The van der Waals surface area contributed by atoms with Gasteiger partial charge in [0.2, 0.25) is 12.6 Å². The van der Waals surface area contributed by atoms with E-state index in [4.69, 9.17) is 28.0 Å². The molecule has 1 heterocycles. The van der Waals surface area contributed by atoms with Gasteiger partial charge in [0.15, 0.2) is 18.1 Å². The van der Waals surface area contributed by atoms with E-state index >= 15 is 0 Å². The van der Waals surface area contributed by atoms with Crippen molar-refractivity contribution in [2.75, 3.05) is 27.6 Å². The van der Waals surface area contributed by atoms with Gasteiger partial charge in [0, 0.05) is 19.8 Å². The summed E-state index contributed by atoms with van der Waals surface area (Å²) in [5, 5.41) is 0. The van der Waals surface area contributed by atoms with E-state index in [1.165, 1.54) is 24.3 Å². The highest BCUT2D eigenvalue weighted by Gasteiger charge is 2.40. The maximum Gasteiger partial charge on any atom is 0.416 e. The average Bonchev–Trinajstić information content (AvgIpc) is 3.23. The van der Waals surface area contributed by atoms with Crippen molar-refractivity contribution in [3.8, 4) is 17.2 Å². The molecule has 31 heavy (non-hydrogen) atoms. The summed E-state index contributed by atoms with van der Waals surface area (Å²) >= 11 is 0. The van der Waals surface area contributed by atoms with E-state index < -0.39 is 37.8 Å². The molecular weight excluding hydrogens is 444 g/mol. The van der Waals surface area contributed by atoms with Crippen molar-refractivity contribution in [2.45, 2.75) is 12.0 Å². The first-order chi connectivity index (χ1) is 14.7. The quantitative estimate of drug-likeness (QED) is 0.417. The van der Waals surface area contributed by atoms with E-state index in [-0.39, 0.29) is 18.1 Å². The molecule has 0 N–H and O–H groups in total. The number of fused-ring (bicyclic) bond motifs is 1. The van der Waals surface area contributed by atoms with E-state index in [1.807, 2.05) is 0 Å². The molecule has 0 aliphatic carbocycles. The molecule has 8 nitrogen and oxygen atoms in total. The largest absolute Gasteiger partial charge is 0.482 e. The lowest BCUT2D eigenvalue weighted by Crippen LogP contribution is -2.19. The van der Waals surface area contributed by atoms with Crippen molar-refractivity contribution in [1.29, 1.82) is 0 Å². The van der Waals surface area contributed by atoms with Crippen LogP contribution in [0.1, 0.15) is 17.0 Å². The van der Waals surface area contributed by atoms with Crippen LogP contribution in [0.2, 0.25) is 0 Å². The zero-order valence-corrected chi connectivity index (χ0v) is 17.3. The van der Waals surface area contributed by atoms with Crippen LogP contribution in [0.15, 0.2) is 42.5 Å². The van der Waals surface area contributed by atoms with Crippen molar-refractivity contribution in [2.24, 2.45) is 0 Å².